The molecule has 0 heterocycles. The molecule has 0 aliphatic rings. The predicted octanol–water partition coefficient (Wildman–Crippen LogP) is 13.0. The SMILES string of the molecule is CC/C=C\C/C=C\C/C=C\C/C=C\C/C=C\C/C=C\CCCCCOCC(COP(=O)(O)OCC[N+](C)(C)C)OC(=O)CCCCCCC/C=C\C/C=C\CCC. The number of quaternary nitrogens is 1. The molecule has 0 aromatic carbocycles. The summed E-state index contributed by atoms with van der Waals surface area (Å²) in [4.78, 5) is 22.9. The molecular weight excluding hydrogens is 734 g/mol. The first-order chi connectivity index (χ1) is 27.6. The molecule has 0 amide bonds. The normalized spacial score (nSPS) is 14.7. The Bertz CT molecular complexity index is 1230. The zero-order valence-corrected chi connectivity index (χ0v) is 37.7. The molecule has 0 rings (SSSR count). The van der Waals surface area contributed by atoms with Crippen LogP contribution >= 0.6 is 7.82 Å². The van der Waals surface area contributed by atoms with Crippen molar-refractivity contribution in [2.24, 2.45) is 0 Å². The van der Waals surface area contributed by atoms with E-state index in [1.165, 1.54) is 6.42 Å². The minimum absolute atomic E-state index is 0.0729. The molecule has 0 aromatic rings. The molecule has 0 aliphatic carbocycles. The molecule has 57 heavy (non-hydrogen) atoms. The smallest absolute Gasteiger partial charge is 0.457 e. The van der Waals surface area contributed by atoms with Crippen molar-refractivity contribution < 1.29 is 37.3 Å². The van der Waals surface area contributed by atoms with E-state index in [1.54, 1.807) is 0 Å². The Morgan fingerprint density at radius 3 is 1.53 bits per heavy atom. The van der Waals surface area contributed by atoms with Crippen LogP contribution in [0.2, 0.25) is 0 Å². The number of rotatable bonds is 39. The van der Waals surface area contributed by atoms with Crippen LogP contribution in [0.4, 0.5) is 0 Å². The molecule has 2 unspecified atom stereocenters. The minimum Gasteiger partial charge on any atom is -0.457 e. The van der Waals surface area contributed by atoms with Crippen LogP contribution in [-0.4, -0.2) is 75.6 Å². The van der Waals surface area contributed by atoms with Gasteiger partial charge in [-0.2, -0.15) is 0 Å². The number of carbonyl (C=O) groups excluding carboxylic acids is 1. The average molecular weight is 817 g/mol. The second-order valence-corrected chi connectivity index (χ2v) is 16.8. The molecule has 1 N–H and O–H groups in total. The number of allylic oxidation sites excluding steroid dienone is 16. The Morgan fingerprint density at radius 2 is 1.02 bits per heavy atom. The van der Waals surface area contributed by atoms with Gasteiger partial charge in [-0.15, -0.1) is 0 Å². The van der Waals surface area contributed by atoms with Crippen LogP contribution in [0.1, 0.15) is 142 Å². The van der Waals surface area contributed by atoms with Crippen molar-refractivity contribution >= 4 is 13.8 Å². The number of hydrogen-bond acceptors (Lipinski definition) is 6. The number of nitrogens with zero attached hydrogens (tertiary/aromatic N) is 1. The van der Waals surface area contributed by atoms with E-state index in [9.17, 15) is 14.3 Å². The second kappa shape index (κ2) is 40.2. The maximum absolute atomic E-state index is 12.7. The van der Waals surface area contributed by atoms with Crippen molar-refractivity contribution in [1.82, 2.24) is 0 Å². The van der Waals surface area contributed by atoms with Crippen molar-refractivity contribution in [3.63, 3.8) is 0 Å². The zero-order valence-electron chi connectivity index (χ0n) is 36.8. The quantitative estimate of drug-likeness (QED) is 0.0217. The van der Waals surface area contributed by atoms with E-state index in [0.29, 0.717) is 24.1 Å². The maximum Gasteiger partial charge on any atom is 0.472 e. The fourth-order valence-electron chi connectivity index (χ4n) is 5.24. The molecule has 0 saturated carbocycles. The number of esters is 1. The summed E-state index contributed by atoms with van der Waals surface area (Å²) in [6, 6.07) is 0. The highest BCUT2D eigenvalue weighted by Crippen LogP contribution is 2.43. The molecule has 2 atom stereocenters. The highest BCUT2D eigenvalue weighted by atomic mass is 31.2. The number of unbranched alkanes of at least 4 members (excludes halogenated alkanes) is 9. The summed E-state index contributed by atoms with van der Waals surface area (Å²) in [5, 5.41) is 0. The first kappa shape index (κ1) is 54.4. The lowest BCUT2D eigenvalue weighted by Crippen LogP contribution is -2.37. The number of ether oxygens (including phenoxy) is 2. The number of likely N-dealkylation sites (N-methyl/N-ethyl adjacent to an activating group) is 1. The predicted molar refractivity (Wildman–Crippen MR) is 242 cm³/mol. The zero-order chi connectivity index (χ0) is 42.0. The van der Waals surface area contributed by atoms with Gasteiger partial charge in [0.25, 0.3) is 0 Å². The van der Waals surface area contributed by atoms with Gasteiger partial charge in [-0.1, -0.05) is 143 Å². The van der Waals surface area contributed by atoms with Crippen LogP contribution in [0.25, 0.3) is 0 Å². The molecule has 0 aliphatic heterocycles. The van der Waals surface area contributed by atoms with Gasteiger partial charge in [-0.05, 0) is 89.9 Å². The number of phosphoric acid groups is 1. The van der Waals surface area contributed by atoms with E-state index in [0.717, 1.165) is 116 Å². The van der Waals surface area contributed by atoms with Gasteiger partial charge in [0, 0.05) is 13.0 Å². The van der Waals surface area contributed by atoms with Crippen molar-refractivity contribution in [3.05, 3.63) is 97.2 Å². The van der Waals surface area contributed by atoms with Crippen LogP contribution < -0.4 is 0 Å². The van der Waals surface area contributed by atoms with Gasteiger partial charge in [0.2, 0.25) is 0 Å². The van der Waals surface area contributed by atoms with E-state index >= 15 is 0 Å². The molecule has 0 aromatic heterocycles. The van der Waals surface area contributed by atoms with Gasteiger partial charge in [0.15, 0.2) is 0 Å². The monoisotopic (exact) mass is 817 g/mol. The van der Waals surface area contributed by atoms with E-state index in [2.05, 4.69) is 111 Å². The van der Waals surface area contributed by atoms with Gasteiger partial charge >= 0.3 is 13.8 Å². The third kappa shape index (κ3) is 44.4. The molecule has 0 fully saturated rings. The molecular formula is C48H83NO7P+. The van der Waals surface area contributed by atoms with Crippen molar-refractivity contribution in [3.8, 4) is 0 Å². The lowest BCUT2D eigenvalue weighted by molar-refractivity contribution is -0.870. The molecule has 0 saturated heterocycles. The fraction of sp³-hybridized carbons (Fsp3) is 0.646. The Hall–Kier alpha value is -2.58. The summed E-state index contributed by atoms with van der Waals surface area (Å²) >= 11 is 0. The summed E-state index contributed by atoms with van der Waals surface area (Å²) in [6.45, 7) is 5.30. The maximum atomic E-state index is 12.7. The summed E-state index contributed by atoms with van der Waals surface area (Å²) in [6.07, 6.45) is 54.5. The first-order valence-corrected chi connectivity index (χ1v) is 23.5. The Labute approximate surface area is 349 Å². The Balaban J connectivity index is 4.33. The van der Waals surface area contributed by atoms with E-state index in [-0.39, 0.29) is 25.8 Å². The van der Waals surface area contributed by atoms with Gasteiger partial charge in [-0.3, -0.25) is 13.8 Å². The summed E-state index contributed by atoms with van der Waals surface area (Å²) in [7, 11) is 1.61. The molecule has 326 valence electrons. The lowest BCUT2D eigenvalue weighted by Gasteiger charge is -2.24. The largest absolute Gasteiger partial charge is 0.472 e. The summed E-state index contributed by atoms with van der Waals surface area (Å²) in [5.41, 5.74) is 0. The lowest BCUT2D eigenvalue weighted by atomic mass is 10.1. The molecule has 8 nitrogen and oxygen atoms in total. The standard InChI is InChI=1S/C48H82NO7P/c1-6-8-10-12-14-16-18-20-21-22-23-24-25-26-27-28-30-32-34-36-38-40-43-53-45-47(46-55-57(51,52)54-44-42-49(3,4)5)56-48(50)41-39-37-35-33-31-29-19-17-15-13-11-9-7-2/h8,10-11,13-14,16-17,19-21,23-24,26-27,30,32,47H,6-7,9,12,15,18,22,25,28-29,31,33-46H2,1-5H3/p+1/b10-8-,13-11-,16-14-,19-17-,21-20-,24-23-,27-26-,32-30-. The fourth-order valence-corrected chi connectivity index (χ4v) is 5.98. The topological polar surface area (TPSA) is 91.3 Å². The van der Waals surface area contributed by atoms with Crippen molar-refractivity contribution in [1.29, 1.82) is 0 Å². The molecule has 0 bridgehead atoms. The third-order valence-electron chi connectivity index (χ3n) is 8.61. The number of carbonyl (C=O) groups is 1. The van der Waals surface area contributed by atoms with E-state index in [4.69, 9.17) is 18.5 Å². The highest BCUT2D eigenvalue weighted by molar-refractivity contribution is 7.47. The van der Waals surface area contributed by atoms with E-state index < -0.39 is 13.9 Å². The van der Waals surface area contributed by atoms with Crippen LogP contribution in [0.5, 0.6) is 0 Å². The molecule has 9 heteroatoms. The van der Waals surface area contributed by atoms with Gasteiger partial charge in [0.1, 0.15) is 19.3 Å². The first-order valence-electron chi connectivity index (χ1n) is 22.0. The van der Waals surface area contributed by atoms with Gasteiger partial charge in [0.05, 0.1) is 34.4 Å². The Morgan fingerprint density at radius 1 is 0.561 bits per heavy atom. The van der Waals surface area contributed by atoms with Crippen LogP contribution in [0.15, 0.2) is 97.2 Å². The van der Waals surface area contributed by atoms with Crippen molar-refractivity contribution in [2.75, 3.05) is 54.1 Å². The van der Waals surface area contributed by atoms with Crippen LogP contribution in [0, 0.1) is 0 Å². The number of hydrogen-bond donors (Lipinski definition) is 1. The van der Waals surface area contributed by atoms with Crippen LogP contribution in [0.3, 0.4) is 0 Å². The van der Waals surface area contributed by atoms with Crippen molar-refractivity contribution in [2.45, 2.75) is 148 Å². The summed E-state index contributed by atoms with van der Waals surface area (Å²) < 4.78 is 34.9. The second-order valence-electron chi connectivity index (χ2n) is 15.3. The van der Waals surface area contributed by atoms with E-state index in [1.807, 2.05) is 21.1 Å². The summed E-state index contributed by atoms with van der Waals surface area (Å²) in [5.74, 6) is -0.346. The van der Waals surface area contributed by atoms with Gasteiger partial charge in [-0.25, -0.2) is 4.57 Å². The Kier molecular flexibility index (Phi) is 38.4. The van der Waals surface area contributed by atoms with Gasteiger partial charge < -0.3 is 18.9 Å². The minimum atomic E-state index is -4.29. The number of phosphoric ester groups is 1. The molecule has 0 spiro atoms. The average Bonchev–Trinajstić information content (AvgIpc) is 3.16. The third-order valence-corrected chi connectivity index (χ3v) is 9.59. The molecule has 0 radical (unpaired) electrons. The van der Waals surface area contributed by atoms with Crippen LogP contribution in [-0.2, 0) is 27.9 Å². The highest BCUT2D eigenvalue weighted by Gasteiger charge is 2.26.